The molecule has 6 nitrogen and oxygen atoms in total. The monoisotopic (exact) mass is 430 g/mol. The minimum Gasteiger partial charge on any atom is -0.394 e. The third-order valence-electron chi connectivity index (χ3n) is 5.83. The largest absolute Gasteiger partial charge is 0.394 e. The second kappa shape index (κ2) is 11.7. The lowest BCUT2D eigenvalue weighted by atomic mass is 9.83. The Labute approximate surface area is 184 Å². The highest BCUT2D eigenvalue weighted by atomic mass is 16.6. The van der Waals surface area contributed by atoms with Crippen LogP contribution in [0, 0.1) is 0 Å². The first-order valence-electron chi connectivity index (χ1n) is 11.0. The van der Waals surface area contributed by atoms with Gasteiger partial charge in [0.15, 0.2) is 0 Å². The first-order valence-corrected chi connectivity index (χ1v) is 11.0. The van der Waals surface area contributed by atoms with Gasteiger partial charge in [-0.25, -0.2) is 0 Å². The van der Waals surface area contributed by atoms with Gasteiger partial charge in [-0.3, -0.25) is 0 Å². The van der Waals surface area contributed by atoms with Crippen molar-refractivity contribution in [2.45, 2.75) is 69.4 Å². The molecule has 0 aromatic heterocycles. The van der Waals surface area contributed by atoms with Gasteiger partial charge in [0.25, 0.3) is 0 Å². The Balaban J connectivity index is 1.61. The topological polar surface area (TPSA) is 88.4 Å². The highest BCUT2D eigenvalue weighted by Gasteiger charge is 2.54. The summed E-state index contributed by atoms with van der Waals surface area (Å²) in [7, 11) is 0. The molecule has 3 rings (SSSR count). The molecule has 1 saturated heterocycles. The van der Waals surface area contributed by atoms with Crippen LogP contribution in [0.5, 0.6) is 0 Å². The lowest BCUT2D eigenvalue weighted by Gasteiger charge is -2.39. The molecule has 5 atom stereocenters. The predicted octanol–water partition coefficient (Wildman–Crippen LogP) is 2.83. The van der Waals surface area contributed by atoms with Crippen molar-refractivity contribution in [3.8, 4) is 0 Å². The standard InChI is InChI=1S/C25H34O6/c1-2-13-25(24(28)22(15-26)30-17-20-11-7-4-8-12-20)23(27)14-21(31-25)18-29-16-19-9-5-3-6-10-19/h3-12,21-24,26-28H,2,13-18H2,1H3/t21-,22-,23-,24+,25-/m0/s1. The van der Waals surface area contributed by atoms with Crippen LogP contribution < -0.4 is 0 Å². The maximum atomic E-state index is 11.1. The first-order chi connectivity index (χ1) is 15.1. The number of hydrogen-bond acceptors (Lipinski definition) is 6. The quantitative estimate of drug-likeness (QED) is 0.480. The van der Waals surface area contributed by atoms with Crippen LogP contribution in [0.1, 0.15) is 37.3 Å². The number of rotatable bonds is 12. The molecule has 0 unspecified atom stereocenters. The summed E-state index contributed by atoms with van der Waals surface area (Å²) in [5, 5.41) is 31.9. The van der Waals surface area contributed by atoms with E-state index in [9.17, 15) is 15.3 Å². The molecule has 1 heterocycles. The van der Waals surface area contributed by atoms with E-state index in [1.165, 1.54) is 0 Å². The summed E-state index contributed by atoms with van der Waals surface area (Å²) in [5.74, 6) is 0. The van der Waals surface area contributed by atoms with Crippen LogP contribution in [-0.2, 0) is 27.4 Å². The fraction of sp³-hybridized carbons (Fsp3) is 0.520. The number of ether oxygens (including phenoxy) is 3. The van der Waals surface area contributed by atoms with E-state index in [0.29, 0.717) is 32.5 Å². The van der Waals surface area contributed by atoms with Crippen LogP contribution in [0.3, 0.4) is 0 Å². The Hall–Kier alpha value is -1.80. The second-order valence-electron chi connectivity index (χ2n) is 8.16. The smallest absolute Gasteiger partial charge is 0.123 e. The molecule has 6 heteroatoms. The van der Waals surface area contributed by atoms with Crippen molar-refractivity contribution < 1.29 is 29.5 Å². The molecule has 1 fully saturated rings. The molecule has 0 spiro atoms. The maximum absolute atomic E-state index is 11.1. The van der Waals surface area contributed by atoms with Gasteiger partial charge in [0.05, 0.1) is 38.6 Å². The van der Waals surface area contributed by atoms with E-state index >= 15 is 0 Å². The van der Waals surface area contributed by atoms with Crippen molar-refractivity contribution >= 4 is 0 Å². The van der Waals surface area contributed by atoms with Gasteiger partial charge in [-0.15, -0.1) is 0 Å². The molecule has 1 aliphatic rings. The van der Waals surface area contributed by atoms with E-state index < -0.39 is 23.9 Å². The van der Waals surface area contributed by atoms with Crippen molar-refractivity contribution in [1.29, 1.82) is 0 Å². The third kappa shape index (κ3) is 6.13. The van der Waals surface area contributed by atoms with E-state index in [4.69, 9.17) is 14.2 Å². The normalized spacial score (nSPS) is 25.4. The molecule has 0 amide bonds. The van der Waals surface area contributed by atoms with Crippen LogP contribution in [0.4, 0.5) is 0 Å². The van der Waals surface area contributed by atoms with Crippen molar-refractivity contribution in [2.24, 2.45) is 0 Å². The van der Waals surface area contributed by atoms with Crippen molar-refractivity contribution in [3.63, 3.8) is 0 Å². The molecule has 2 aromatic carbocycles. The van der Waals surface area contributed by atoms with Crippen molar-refractivity contribution in [3.05, 3.63) is 71.8 Å². The lowest BCUT2D eigenvalue weighted by Crippen LogP contribution is -2.56. The Kier molecular flexibility index (Phi) is 9.02. The van der Waals surface area contributed by atoms with E-state index in [-0.39, 0.29) is 19.3 Å². The zero-order valence-electron chi connectivity index (χ0n) is 18.1. The molecule has 3 N–H and O–H groups in total. The second-order valence-corrected chi connectivity index (χ2v) is 8.16. The van der Waals surface area contributed by atoms with Gasteiger partial charge < -0.3 is 29.5 Å². The third-order valence-corrected chi connectivity index (χ3v) is 5.83. The molecular weight excluding hydrogens is 396 g/mol. The Morgan fingerprint density at radius 1 is 1.03 bits per heavy atom. The summed E-state index contributed by atoms with van der Waals surface area (Å²) in [6.45, 7) is 2.64. The fourth-order valence-corrected chi connectivity index (χ4v) is 4.24. The zero-order chi connectivity index (χ0) is 22.1. The van der Waals surface area contributed by atoms with Crippen molar-refractivity contribution in [1.82, 2.24) is 0 Å². The van der Waals surface area contributed by atoms with Gasteiger partial charge in [0.1, 0.15) is 17.8 Å². The van der Waals surface area contributed by atoms with Gasteiger partial charge in [-0.05, 0) is 17.5 Å². The van der Waals surface area contributed by atoms with Gasteiger partial charge in [-0.1, -0.05) is 74.0 Å². The minimum absolute atomic E-state index is 0.255. The number of benzene rings is 2. The average molecular weight is 431 g/mol. The maximum Gasteiger partial charge on any atom is 0.123 e. The average Bonchev–Trinajstić information content (AvgIpc) is 3.11. The minimum atomic E-state index is -1.19. The molecule has 0 bridgehead atoms. The molecule has 2 aromatic rings. The molecule has 1 aliphatic heterocycles. The Bertz CT molecular complexity index is 755. The predicted molar refractivity (Wildman–Crippen MR) is 117 cm³/mol. The zero-order valence-corrected chi connectivity index (χ0v) is 18.1. The van der Waals surface area contributed by atoms with E-state index in [1.807, 2.05) is 67.6 Å². The highest BCUT2D eigenvalue weighted by Crippen LogP contribution is 2.39. The van der Waals surface area contributed by atoms with Gasteiger partial charge in [-0.2, -0.15) is 0 Å². The van der Waals surface area contributed by atoms with Crippen LogP contribution >= 0.6 is 0 Å². The summed E-state index contributed by atoms with van der Waals surface area (Å²) in [6.07, 6.45) is -1.72. The molecule has 0 radical (unpaired) electrons. The van der Waals surface area contributed by atoms with Gasteiger partial charge in [0.2, 0.25) is 0 Å². The summed E-state index contributed by atoms with van der Waals surface area (Å²) in [4.78, 5) is 0. The molecular formula is C25H34O6. The van der Waals surface area contributed by atoms with Crippen LogP contribution in [0.15, 0.2) is 60.7 Å². The van der Waals surface area contributed by atoms with E-state index in [2.05, 4.69) is 0 Å². The summed E-state index contributed by atoms with van der Waals surface area (Å²) >= 11 is 0. The summed E-state index contributed by atoms with van der Waals surface area (Å²) in [5.41, 5.74) is 0.813. The molecule has 31 heavy (non-hydrogen) atoms. The lowest BCUT2D eigenvalue weighted by molar-refractivity contribution is -0.205. The molecule has 0 aliphatic carbocycles. The van der Waals surface area contributed by atoms with Crippen LogP contribution in [-0.4, -0.2) is 58.6 Å². The van der Waals surface area contributed by atoms with Crippen molar-refractivity contribution in [2.75, 3.05) is 13.2 Å². The summed E-state index contributed by atoms with van der Waals surface area (Å²) in [6, 6.07) is 19.4. The van der Waals surface area contributed by atoms with Crippen LogP contribution in [0.2, 0.25) is 0 Å². The summed E-state index contributed by atoms with van der Waals surface area (Å²) < 4.78 is 17.8. The number of aliphatic hydroxyl groups is 3. The highest BCUT2D eigenvalue weighted by molar-refractivity contribution is 5.14. The van der Waals surface area contributed by atoms with E-state index in [1.54, 1.807) is 0 Å². The number of hydrogen-bond donors (Lipinski definition) is 3. The first kappa shape index (κ1) is 23.9. The Morgan fingerprint density at radius 2 is 1.65 bits per heavy atom. The van der Waals surface area contributed by atoms with Gasteiger partial charge >= 0.3 is 0 Å². The Morgan fingerprint density at radius 3 is 2.23 bits per heavy atom. The SMILES string of the molecule is CCC[C@]1([C@H](O)[C@H](CO)OCc2ccccc2)O[C@H](COCc2ccccc2)C[C@@H]1O. The number of aliphatic hydroxyl groups excluding tert-OH is 3. The molecule has 0 saturated carbocycles. The van der Waals surface area contributed by atoms with Crippen LogP contribution in [0.25, 0.3) is 0 Å². The molecule has 170 valence electrons. The fourth-order valence-electron chi connectivity index (χ4n) is 4.24. The van der Waals surface area contributed by atoms with E-state index in [0.717, 1.165) is 11.1 Å². The van der Waals surface area contributed by atoms with Gasteiger partial charge in [0, 0.05) is 6.42 Å².